The molecular weight excluding hydrogens is 366 g/mol. The fourth-order valence-electron chi connectivity index (χ4n) is 2.26. The van der Waals surface area contributed by atoms with Crippen molar-refractivity contribution in [2.24, 2.45) is 10.8 Å². The SMILES string of the molecule is CC1(C)C(NC(=O)c2cc(Br)sc2Br)C1(C)C. The Kier molecular flexibility index (Phi) is 3.24. The molecule has 1 aliphatic carbocycles. The molecule has 0 radical (unpaired) electrons. The van der Waals surface area contributed by atoms with Gasteiger partial charge in [-0.2, -0.15) is 0 Å². The summed E-state index contributed by atoms with van der Waals surface area (Å²) >= 11 is 8.32. The Morgan fingerprint density at radius 2 is 1.82 bits per heavy atom. The van der Waals surface area contributed by atoms with Gasteiger partial charge in [0.1, 0.15) is 0 Å². The van der Waals surface area contributed by atoms with E-state index in [9.17, 15) is 4.79 Å². The Morgan fingerprint density at radius 1 is 1.29 bits per heavy atom. The van der Waals surface area contributed by atoms with Crippen molar-refractivity contribution in [2.75, 3.05) is 0 Å². The van der Waals surface area contributed by atoms with E-state index in [0.717, 1.165) is 7.57 Å². The molecule has 5 heteroatoms. The highest BCUT2D eigenvalue weighted by Crippen LogP contribution is 2.62. The average Bonchev–Trinajstić information content (AvgIpc) is 2.50. The second kappa shape index (κ2) is 4.07. The molecule has 1 N–H and O–H groups in total. The molecule has 1 aromatic heterocycles. The van der Waals surface area contributed by atoms with Crippen molar-refractivity contribution < 1.29 is 4.79 Å². The third-order valence-corrected chi connectivity index (χ3v) is 6.54. The van der Waals surface area contributed by atoms with Crippen molar-refractivity contribution in [3.05, 3.63) is 19.2 Å². The summed E-state index contributed by atoms with van der Waals surface area (Å²) in [5.41, 5.74) is 1.05. The first-order chi connectivity index (χ1) is 7.68. The van der Waals surface area contributed by atoms with Crippen LogP contribution in [0, 0.1) is 10.8 Å². The maximum absolute atomic E-state index is 12.1. The van der Waals surface area contributed by atoms with Crippen molar-refractivity contribution in [1.82, 2.24) is 5.32 Å². The highest BCUT2D eigenvalue weighted by molar-refractivity contribution is 9.12. The first kappa shape index (κ1) is 13.6. The Balaban J connectivity index is 2.12. The van der Waals surface area contributed by atoms with Crippen molar-refractivity contribution in [3.63, 3.8) is 0 Å². The van der Waals surface area contributed by atoms with E-state index in [1.54, 1.807) is 0 Å². The number of halogens is 2. The number of rotatable bonds is 2. The van der Waals surface area contributed by atoms with Crippen LogP contribution in [-0.2, 0) is 0 Å². The van der Waals surface area contributed by atoms with Crippen LogP contribution in [0.3, 0.4) is 0 Å². The first-order valence-electron chi connectivity index (χ1n) is 5.43. The lowest BCUT2D eigenvalue weighted by Crippen LogP contribution is -2.29. The zero-order valence-corrected chi connectivity index (χ0v) is 14.2. The predicted octanol–water partition coefficient (Wildman–Crippen LogP) is 4.44. The van der Waals surface area contributed by atoms with Crippen LogP contribution in [0.25, 0.3) is 0 Å². The van der Waals surface area contributed by atoms with Gasteiger partial charge in [-0.1, -0.05) is 27.7 Å². The molecule has 0 saturated heterocycles. The van der Waals surface area contributed by atoms with E-state index in [-0.39, 0.29) is 22.8 Å². The van der Waals surface area contributed by atoms with Crippen LogP contribution in [0.15, 0.2) is 13.6 Å². The monoisotopic (exact) mass is 379 g/mol. The Hall–Kier alpha value is 0.130. The van der Waals surface area contributed by atoms with Gasteiger partial charge in [-0.05, 0) is 48.8 Å². The van der Waals surface area contributed by atoms with Crippen LogP contribution >= 0.6 is 43.2 Å². The fourth-order valence-corrected chi connectivity index (χ4v) is 5.05. The van der Waals surface area contributed by atoms with Crippen molar-refractivity contribution in [2.45, 2.75) is 33.7 Å². The molecule has 0 atom stereocenters. The van der Waals surface area contributed by atoms with E-state index in [2.05, 4.69) is 64.9 Å². The second-order valence-corrected chi connectivity index (χ2v) is 9.34. The highest BCUT2D eigenvalue weighted by atomic mass is 79.9. The molecule has 0 aromatic carbocycles. The molecule has 1 saturated carbocycles. The van der Waals surface area contributed by atoms with E-state index in [0.29, 0.717) is 5.56 Å². The van der Waals surface area contributed by atoms with Gasteiger partial charge in [-0.3, -0.25) is 4.79 Å². The highest BCUT2D eigenvalue weighted by Gasteiger charge is 2.65. The Bertz CT molecular complexity index is 465. The molecule has 0 spiro atoms. The summed E-state index contributed by atoms with van der Waals surface area (Å²) in [6, 6.07) is 2.10. The maximum atomic E-state index is 12.1. The van der Waals surface area contributed by atoms with Gasteiger partial charge in [-0.25, -0.2) is 0 Å². The normalized spacial score (nSPS) is 21.3. The Labute approximate surface area is 122 Å². The van der Waals surface area contributed by atoms with Gasteiger partial charge in [0.2, 0.25) is 0 Å². The largest absolute Gasteiger partial charge is 0.348 e. The predicted molar refractivity (Wildman–Crippen MR) is 78.5 cm³/mol. The quantitative estimate of drug-likeness (QED) is 0.807. The summed E-state index contributed by atoms with van der Waals surface area (Å²) in [7, 11) is 0. The first-order valence-corrected chi connectivity index (χ1v) is 7.84. The number of carbonyl (C=O) groups is 1. The molecule has 1 aliphatic rings. The van der Waals surface area contributed by atoms with Crippen molar-refractivity contribution >= 4 is 49.1 Å². The molecule has 1 aromatic rings. The molecule has 17 heavy (non-hydrogen) atoms. The zero-order valence-electron chi connectivity index (χ0n) is 10.2. The van der Waals surface area contributed by atoms with Gasteiger partial charge in [0.25, 0.3) is 5.91 Å². The van der Waals surface area contributed by atoms with Gasteiger partial charge in [-0.15, -0.1) is 11.3 Å². The molecule has 2 nitrogen and oxygen atoms in total. The molecule has 94 valence electrons. The van der Waals surface area contributed by atoms with Crippen LogP contribution in [-0.4, -0.2) is 11.9 Å². The van der Waals surface area contributed by atoms with Gasteiger partial charge in [0, 0.05) is 6.04 Å². The van der Waals surface area contributed by atoms with E-state index in [4.69, 9.17) is 0 Å². The third kappa shape index (κ3) is 2.10. The van der Waals surface area contributed by atoms with E-state index >= 15 is 0 Å². The number of carbonyl (C=O) groups excluding carboxylic acids is 1. The molecule has 1 heterocycles. The standard InChI is InChI=1S/C12H15Br2NOS/c1-11(2)10(12(11,3)4)15-9(16)6-5-7(13)17-8(6)14/h5,10H,1-4H3,(H,15,16). The van der Waals surface area contributed by atoms with E-state index < -0.39 is 0 Å². The van der Waals surface area contributed by atoms with Crippen LogP contribution in [0.1, 0.15) is 38.1 Å². The average molecular weight is 381 g/mol. The lowest BCUT2D eigenvalue weighted by Gasteiger charge is -2.05. The molecular formula is C12H15Br2NOS. The van der Waals surface area contributed by atoms with Crippen LogP contribution in [0.4, 0.5) is 0 Å². The number of thiophene rings is 1. The summed E-state index contributed by atoms with van der Waals surface area (Å²) < 4.78 is 1.84. The number of nitrogens with one attached hydrogen (secondary N) is 1. The molecule has 2 rings (SSSR count). The van der Waals surface area contributed by atoms with Crippen LogP contribution < -0.4 is 5.32 Å². The molecule has 0 unspecified atom stereocenters. The molecule has 0 aliphatic heterocycles. The summed E-state index contributed by atoms with van der Waals surface area (Å²) in [6.45, 7) is 8.76. The van der Waals surface area contributed by atoms with Gasteiger partial charge in [0.15, 0.2) is 0 Å². The molecule has 1 amide bonds. The summed E-state index contributed by atoms with van der Waals surface area (Å²) in [5.74, 6) is 0.00229. The minimum Gasteiger partial charge on any atom is -0.348 e. The Morgan fingerprint density at radius 3 is 2.18 bits per heavy atom. The lowest BCUT2D eigenvalue weighted by atomic mass is 10.0. The molecule has 1 fully saturated rings. The van der Waals surface area contributed by atoms with Crippen molar-refractivity contribution in [1.29, 1.82) is 0 Å². The molecule has 0 bridgehead atoms. The fraction of sp³-hybridized carbons (Fsp3) is 0.583. The van der Waals surface area contributed by atoms with Crippen LogP contribution in [0.2, 0.25) is 0 Å². The third-order valence-electron chi connectivity index (χ3n) is 4.20. The lowest BCUT2D eigenvalue weighted by molar-refractivity contribution is 0.0943. The number of hydrogen-bond acceptors (Lipinski definition) is 2. The van der Waals surface area contributed by atoms with E-state index in [1.165, 1.54) is 11.3 Å². The van der Waals surface area contributed by atoms with Crippen molar-refractivity contribution in [3.8, 4) is 0 Å². The van der Waals surface area contributed by atoms with Crippen LogP contribution in [0.5, 0.6) is 0 Å². The zero-order chi connectivity index (χ0) is 13.0. The number of hydrogen-bond donors (Lipinski definition) is 1. The minimum atomic E-state index is 0.00229. The summed E-state index contributed by atoms with van der Waals surface area (Å²) in [5, 5.41) is 3.12. The second-order valence-electron chi connectivity index (χ2n) is 5.59. The number of amides is 1. The summed E-state index contributed by atoms with van der Waals surface area (Å²) in [4.78, 5) is 12.1. The summed E-state index contributed by atoms with van der Waals surface area (Å²) in [6.07, 6.45) is 0. The van der Waals surface area contributed by atoms with E-state index in [1.807, 2.05) is 6.07 Å². The smallest absolute Gasteiger partial charge is 0.253 e. The topological polar surface area (TPSA) is 29.1 Å². The van der Waals surface area contributed by atoms with Gasteiger partial charge >= 0.3 is 0 Å². The van der Waals surface area contributed by atoms with Gasteiger partial charge in [0.05, 0.1) is 13.1 Å². The maximum Gasteiger partial charge on any atom is 0.253 e. The van der Waals surface area contributed by atoms with Gasteiger partial charge < -0.3 is 5.32 Å². The minimum absolute atomic E-state index is 0.00229.